The zero-order valence-corrected chi connectivity index (χ0v) is 11.9. The van der Waals surface area contributed by atoms with Gasteiger partial charge in [0.2, 0.25) is 0 Å². The molecule has 1 aromatic carbocycles. The summed E-state index contributed by atoms with van der Waals surface area (Å²) in [7, 11) is 1.59. The number of urea groups is 1. The topological polar surface area (TPSA) is 98.3 Å². The molecule has 0 aliphatic heterocycles. The Kier molecular flexibility index (Phi) is 4.44. The summed E-state index contributed by atoms with van der Waals surface area (Å²) >= 11 is 5.95. The van der Waals surface area contributed by atoms with Crippen molar-refractivity contribution < 1.29 is 14.7 Å². The minimum Gasteiger partial charge on any atom is -0.478 e. The molecule has 21 heavy (non-hydrogen) atoms. The minimum atomic E-state index is -1.09. The van der Waals surface area contributed by atoms with Crippen LogP contribution >= 0.6 is 11.6 Å². The van der Waals surface area contributed by atoms with Gasteiger partial charge in [0.15, 0.2) is 0 Å². The van der Waals surface area contributed by atoms with Crippen LogP contribution in [0.1, 0.15) is 16.2 Å². The van der Waals surface area contributed by atoms with Crippen molar-refractivity contribution in [3.63, 3.8) is 0 Å². The van der Waals surface area contributed by atoms with E-state index in [0.29, 0.717) is 5.82 Å². The minimum absolute atomic E-state index is 0.0448. The highest BCUT2D eigenvalue weighted by molar-refractivity contribution is 6.33. The van der Waals surface area contributed by atoms with Crippen molar-refractivity contribution in [1.82, 2.24) is 14.9 Å². The van der Waals surface area contributed by atoms with Gasteiger partial charge in [-0.1, -0.05) is 11.6 Å². The summed E-state index contributed by atoms with van der Waals surface area (Å²) in [4.78, 5) is 31.3. The number of H-pyrrole nitrogens is 1. The first-order valence-electron chi connectivity index (χ1n) is 6.00. The lowest BCUT2D eigenvalue weighted by atomic mass is 10.2. The molecule has 110 valence electrons. The molecule has 0 atom stereocenters. The van der Waals surface area contributed by atoms with Crippen molar-refractivity contribution in [3.8, 4) is 0 Å². The van der Waals surface area contributed by atoms with Gasteiger partial charge >= 0.3 is 12.0 Å². The van der Waals surface area contributed by atoms with E-state index >= 15 is 0 Å². The lowest BCUT2D eigenvalue weighted by molar-refractivity contribution is 0.0697. The van der Waals surface area contributed by atoms with Crippen molar-refractivity contribution in [2.45, 2.75) is 6.54 Å². The van der Waals surface area contributed by atoms with Gasteiger partial charge in [-0.15, -0.1) is 0 Å². The number of hydrogen-bond acceptors (Lipinski definition) is 3. The number of aromatic carboxylic acids is 1. The molecule has 1 heterocycles. The van der Waals surface area contributed by atoms with Gasteiger partial charge in [-0.25, -0.2) is 14.6 Å². The molecule has 0 aliphatic rings. The van der Waals surface area contributed by atoms with Crippen LogP contribution in [0.5, 0.6) is 0 Å². The van der Waals surface area contributed by atoms with Crippen molar-refractivity contribution in [2.24, 2.45) is 0 Å². The van der Waals surface area contributed by atoms with Gasteiger partial charge in [-0.2, -0.15) is 0 Å². The van der Waals surface area contributed by atoms with Gasteiger partial charge < -0.3 is 20.3 Å². The van der Waals surface area contributed by atoms with E-state index in [0.717, 1.165) is 0 Å². The van der Waals surface area contributed by atoms with E-state index < -0.39 is 12.0 Å². The highest BCUT2D eigenvalue weighted by atomic mass is 35.5. The number of carboxylic acids is 1. The Bertz CT molecular complexity index is 657. The summed E-state index contributed by atoms with van der Waals surface area (Å²) in [6.07, 6.45) is 3.25. The molecule has 0 saturated heterocycles. The van der Waals surface area contributed by atoms with Crippen LogP contribution in [0, 0.1) is 0 Å². The third-order valence-electron chi connectivity index (χ3n) is 2.74. The van der Waals surface area contributed by atoms with E-state index in [4.69, 9.17) is 16.7 Å². The first-order chi connectivity index (χ1) is 9.97. The number of benzene rings is 1. The first-order valence-corrected chi connectivity index (χ1v) is 6.38. The third-order valence-corrected chi connectivity index (χ3v) is 3.07. The number of nitrogens with one attached hydrogen (secondary N) is 2. The van der Waals surface area contributed by atoms with E-state index in [-0.39, 0.29) is 22.8 Å². The quantitative estimate of drug-likeness (QED) is 0.807. The summed E-state index contributed by atoms with van der Waals surface area (Å²) < 4.78 is 0. The van der Waals surface area contributed by atoms with Crippen LogP contribution in [0.15, 0.2) is 30.6 Å². The molecule has 0 unspecified atom stereocenters. The molecule has 3 N–H and O–H groups in total. The van der Waals surface area contributed by atoms with Crippen molar-refractivity contribution in [1.29, 1.82) is 0 Å². The summed E-state index contributed by atoms with van der Waals surface area (Å²) in [6.45, 7) is 0.287. The number of aromatic nitrogens is 2. The van der Waals surface area contributed by atoms with E-state index in [1.807, 2.05) is 0 Å². The summed E-state index contributed by atoms with van der Waals surface area (Å²) in [5.74, 6) is -0.455. The Labute approximate surface area is 125 Å². The second-order valence-electron chi connectivity index (χ2n) is 4.32. The Hall–Kier alpha value is -2.54. The molecule has 1 aromatic heterocycles. The van der Waals surface area contributed by atoms with E-state index in [9.17, 15) is 9.59 Å². The molecule has 0 spiro atoms. The van der Waals surface area contributed by atoms with Gasteiger partial charge in [0.1, 0.15) is 5.82 Å². The molecule has 2 aromatic rings. The van der Waals surface area contributed by atoms with Crippen LogP contribution in [0.2, 0.25) is 5.02 Å². The number of carbonyl (C=O) groups excluding carboxylic acids is 1. The van der Waals surface area contributed by atoms with Gasteiger partial charge in [0.25, 0.3) is 0 Å². The van der Waals surface area contributed by atoms with E-state index in [1.165, 1.54) is 23.1 Å². The predicted octanol–water partition coefficient (Wildman–Crippen LogP) is 2.43. The molecular weight excluding hydrogens is 296 g/mol. The number of anilines is 1. The monoisotopic (exact) mass is 308 g/mol. The summed E-state index contributed by atoms with van der Waals surface area (Å²) in [5.41, 5.74) is 0.288. The predicted molar refractivity (Wildman–Crippen MR) is 77.5 cm³/mol. The normalized spacial score (nSPS) is 10.2. The molecule has 0 bridgehead atoms. The Balaban J connectivity index is 2.08. The highest BCUT2D eigenvalue weighted by Crippen LogP contribution is 2.23. The van der Waals surface area contributed by atoms with Crippen LogP contribution < -0.4 is 5.32 Å². The molecule has 2 rings (SSSR count). The van der Waals surface area contributed by atoms with E-state index in [2.05, 4.69) is 15.3 Å². The molecule has 0 radical (unpaired) electrons. The van der Waals surface area contributed by atoms with Crippen LogP contribution in [0.4, 0.5) is 10.5 Å². The number of imidazole rings is 1. The average molecular weight is 309 g/mol. The van der Waals surface area contributed by atoms with Gasteiger partial charge in [0.05, 0.1) is 22.8 Å². The van der Waals surface area contributed by atoms with Crippen LogP contribution in [0.25, 0.3) is 0 Å². The summed E-state index contributed by atoms with van der Waals surface area (Å²) in [5, 5.41) is 11.8. The number of carbonyl (C=O) groups is 2. The lowest BCUT2D eigenvalue weighted by Gasteiger charge is -2.17. The van der Waals surface area contributed by atoms with Crippen LogP contribution in [0.3, 0.4) is 0 Å². The van der Waals surface area contributed by atoms with E-state index in [1.54, 1.807) is 19.4 Å². The van der Waals surface area contributed by atoms with Gasteiger partial charge in [0, 0.05) is 19.4 Å². The Morgan fingerprint density at radius 1 is 1.48 bits per heavy atom. The van der Waals surface area contributed by atoms with Crippen molar-refractivity contribution in [3.05, 3.63) is 47.0 Å². The lowest BCUT2D eigenvalue weighted by Crippen LogP contribution is -2.31. The van der Waals surface area contributed by atoms with Crippen LogP contribution in [-0.4, -0.2) is 39.0 Å². The fraction of sp³-hybridized carbons (Fsp3) is 0.154. The SMILES string of the molecule is CN(Cc1ncc[nH]1)C(=O)Nc1cc(C(=O)O)ccc1Cl. The Morgan fingerprint density at radius 3 is 2.86 bits per heavy atom. The molecule has 0 fully saturated rings. The number of rotatable bonds is 4. The maximum absolute atomic E-state index is 12.0. The molecule has 8 heteroatoms. The zero-order valence-electron chi connectivity index (χ0n) is 11.1. The number of nitrogens with zero attached hydrogens (tertiary/aromatic N) is 2. The molecule has 2 amide bonds. The number of carboxylic acid groups (broad SMARTS) is 1. The van der Waals surface area contributed by atoms with Crippen molar-refractivity contribution >= 4 is 29.3 Å². The van der Waals surface area contributed by atoms with Gasteiger partial charge in [-0.3, -0.25) is 0 Å². The fourth-order valence-corrected chi connectivity index (χ4v) is 1.81. The van der Waals surface area contributed by atoms with Crippen molar-refractivity contribution in [2.75, 3.05) is 12.4 Å². The maximum atomic E-state index is 12.0. The largest absolute Gasteiger partial charge is 0.478 e. The second kappa shape index (κ2) is 6.27. The number of amides is 2. The smallest absolute Gasteiger partial charge is 0.335 e. The third kappa shape index (κ3) is 3.73. The zero-order chi connectivity index (χ0) is 15.4. The second-order valence-corrected chi connectivity index (χ2v) is 4.73. The molecule has 0 saturated carbocycles. The average Bonchev–Trinajstić information content (AvgIpc) is 2.93. The highest BCUT2D eigenvalue weighted by Gasteiger charge is 2.14. The van der Waals surface area contributed by atoms with Gasteiger partial charge in [-0.05, 0) is 18.2 Å². The number of hydrogen-bond donors (Lipinski definition) is 3. The maximum Gasteiger partial charge on any atom is 0.335 e. The number of aromatic amines is 1. The number of halogens is 1. The molecule has 0 aliphatic carbocycles. The standard InChI is InChI=1S/C13H13ClN4O3/c1-18(7-11-15-4-5-16-11)13(21)17-10-6-8(12(19)20)2-3-9(10)14/h2-6H,7H2,1H3,(H,15,16)(H,17,21)(H,19,20). The molecular formula is C13H13ClN4O3. The van der Waals surface area contributed by atoms with Crippen LogP contribution in [-0.2, 0) is 6.54 Å². The molecule has 7 nitrogen and oxygen atoms in total. The fourth-order valence-electron chi connectivity index (χ4n) is 1.65. The first kappa shape index (κ1) is 14.9. The summed E-state index contributed by atoms with van der Waals surface area (Å²) in [6, 6.07) is 3.68. The Morgan fingerprint density at radius 2 is 2.24 bits per heavy atom.